The van der Waals surface area contributed by atoms with E-state index in [1.807, 2.05) is 30.5 Å². The summed E-state index contributed by atoms with van der Waals surface area (Å²) in [4.78, 5) is 9.53. The van der Waals surface area contributed by atoms with Gasteiger partial charge in [0.15, 0.2) is 11.5 Å². The van der Waals surface area contributed by atoms with E-state index in [-0.39, 0.29) is 5.75 Å². The van der Waals surface area contributed by atoms with Crippen LogP contribution in [0.4, 0.5) is 0 Å². The lowest BCUT2D eigenvalue weighted by molar-refractivity contribution is 0.164. The maximum absolute atomic E-state index is 9.85. The fourth-order valence-corrected chi connectivity index (χ4v) is 3.80. The summed E-state index contributed by atoms with van der Waals surface area (Å²) >= 11 is 0. The molecule has 0 amide bonds. The van der Waals surface area contributed by atoms with E-state index < -0.39 is 0 Å². The van der Waals surface area contributed by atoms with Crippen LogP contribution in [0.1, 0.15) is 31.0 Å². The van der Waals surface area contributed by atoms with Crippen molar-refractivity contribution in [3.63, 3.8) is 0 Å². The van der Waals surface area contributed by atoms with Gasteiger partial charge in [-0.05, 0) is 55.8 Å². The van der Waals surface area contributed by atoms with E-state index in [0.29, 0.717) is 11.8 Å². The predicted octanol–water partition coefficient (Wildman–Crippen LogP) is 3.28. The van der Waals surface area contributed by atoms with E-state index >= 15 is 0 Å². The fourth-order valence-electron chi connectivity index (χ4n) is 3.80. The molecule has 2 aromatic rings. The molecule has 5 nitrogen and oxygen atoms in total. The zero-order valence-corrected chi connectivity index (χ0v) is 15.8. The molecule has 2 heterocycles. The number of likely N-dealkylation sites (N-methyl/N-ethyl adjacent to an activating group) is 1. The number of methoxy groups -OCH3 is 1. The van der Waals surface area contributed by atoms with Gasteiger partial charge in [-0.3, -0.25) is 14.8 Å². The summed E-state index contributed by atoms with van der Waals surface area (Å²) < 4.78 is 5.26. The molecule has 140 valence electrons. The van der Waals surface area contributed by atoms with Gasteiger partial charge in [0, 0.05) is 31.9 Å². The molecule has 0 spiro atoms. The van der Waals surface area contributed by atoms with Crippen molar-refractivity contribution < 1.29 is 9.84 Å². The van der Waals surface area contributed by atoms with Crippen molar-refractivity contribution in [2.24, 2.45) is 0 Å². The average molecular weight is 355 g/mol. The van der Waals surface area contributed by atoms with Gasteiger partial charge in [-0.25, -0.2) is 0 Å². The Morgan fingerprint density at radius 1 is 1.27 bits per heavy atom. The second-order valence-electron chi connectivity index (χ2n) is 6.92. The molecule has 0 aliphatic carbocycles. The standard InChI is InChI=1S/C21H29N3O2/c1-3-24-12-6-8-19(24)16-23(15-18-7-4-5-11-22-18)14-17-9-10-20(25)21(13-17)26-2/h4-5,7,9-11,13,19,25H,3,6,8,12,14-16H2,1-2H3. The minimum Gasteiger partial charge on any atom is -0.504 e. The van der Waals surface area contributed by atoms with Crippen LogP contribution in [0.3, 0.4) is 0 Å². The van der Waals surface area contributed by atoms with Crippen molar-refractivity contribution in [1.82, 2.24) is 14.8 Å². The number of phenols is 1. The normalized spacial score (nSPS) is 17.7. The largest absolute Gasteiger partial charge is 0.504 e. The minimum absolute atomic E-state index is 0.181. The Morgan fingerprint density at radius 3 is 2.88 bits per heavy atom. The van der Waals surface area contributed by atoms with Crippen LogP contribution >= 0.6 is 0 Å². The van der Waals surface area contributed by atoms with Crippen LogP contribution in [0.2, 0.25) is 0 Å². The van der Waals surface area contributed by atoms with E-state index in [0.717, 1.165) is 37.4 Å². The smallest absolute Gasteiger partial charge is 0.160 e. The highest BCUT2D eigenvalue weighted by atomic mass is 16.5. The lowest BCUT2D eigenvalue weighted by atomic mass is 10.1. The third kappa shape index (κ3) is 4.74. The number of rotatable bonds is 8. The van der Waals surface area contributed by atoms with Gasteiger partial charge in [0.25, 0.3) is 0 Å². The molecule has 1 aromatic carbocycles. The number of ether oxygens (including phenoxy) is 1. The number of aromatic nitrogens is 1. The number of pyridine rings is 1. The number of benzene rings is 1. The number of phenolic OH excluding ortho intramolecular Hbond substituents is 1. The Morgan fingerprint density at radius 2 is 2.15 bits per heavy atom. The fraction of sp³-hybridized carbons (Fsp3) is 0.476. The third-order valence-corrected chi connectivity index (χ3v) is 5.14. The summed E-state index contributed by atoms with van der Waals surface area (Å²) in [6, 6.07) is 12.3. The topological polar surface area (TPSA) is 48.8 Å². The lowest BCUT2D eigenvalue weighted by Gasteiger charge is -2.30. The van der Waals surface area contributed by atoms with E-state index in [2.05, 4.69) is 27.8 Å². The SMILES string of the molecule is CCN1CCCC1CN(Cc1ccc(O)c(OC)c1)Cc1ccccn1. The van der Waals surface area contributed by atoms with Crippen molar-refractivity contribution in [2.75, 3.05) is 26.7 Å². The van der Waals surface area contributed by atoms with Gasteiger partial charge in [-0.2, -0.15) is 0 Å². The Hall–Kier alpha value is -2.11. The molecule has 0 saturated carbocycles. The van der Waals surface area contributed by atoms with Gasteiger partial charge in [0.05, 0.1) is 12.8 Å². The van der Waals surface area contributed by atoms with E-state index in [1.54, 1.807) is 13.2 Å². The van der Waals surface area contributed by atoms with E-state index in [1.165, 1.54) is 19.4 Å². The minimum atomic E-state index is 0.181. The van der Waals surface area contributed by atoms with Crippen LogP contribution in [-0.2, 0) is 13.1 Å². The van der Waals surface area contributed by atoms with Crippen molar-refractivity contribution in [3.05, 3.63) is 53.9 Å². The summed E-state index contributed by atoms with van der Waals surface area (Å²) in [6.45, 7) is 7.19. The first-order valence-electron chi connectivity index (χ1n) is 9.41. The first-order valence-corrected chi connectivity index (χ1v) is 9.41. The molecule has 1 saturated heterocycles. The molecule has 1 unspecified atom stereocenters. The molecular weight excluding hydrogens is 326 g/mol. The van der Waals surface area contributed by atoms with Crippen LogP contribution in [-0.4, -0.2) is 52.7 Å². The first-order chi connectivity index (χ1) is 12.7. The van der Waals surface area contributed by atoms with Gasteiger partial charge in [-0.1, -0.05) is 19.1 Å². The first kappa shape index (κ1) is 18.7. The predicted molar refractivity (Wildman–Crippen MR) is 103 cm³/mol. The molecule has 0 bridgehead atoms. The highest BCUT2D eigenvalue weighted by Gasteiger charge is 2.25. The average Bonchev–Trinajstić information content (AvgIpc) is 3.11. The van der Waals surface area contributed by atoms with E-state index in [4.69, 9.17) is 4.74 Å². The van der Waals surface area contributed by atoms with Gasteiger partial charge in [0.1, 0.15) is 0 Å². The molecule has 1 N–H and O–H groups in total. The summed E-state index contributed by atoms with van der Waals surface area (Å²) in [5, 5.41) is 9.85. The van der Waals surface area contributed by atoms with Crippen molar-refractivity contribution >= 4 is 0 Å². The summed E-state index contributed by atoms with van der Waals surface area (Å²) in [7, 11) is 1.59. The molecule has 1 aromatic heterocycles. The second kappa shape index (κ2) is 9.01. The Kier molecular flexibility index (Phi) is 6.47. The Balaban J connectivity index is 1.75. The number of hydrogen-bond acceptors (Lipinski definition) is 5. The molecular formula is C21H29N3O2. The molecule has 5 heteroatoms. The molecule has 0 radical (unpaired) electrons. The lowest BCUT2D eigenvalue weighted by Crippen LogP contribution is -2.39. The Bertz CT molecular complexity index is 693. The summed E-state index contributed by atoms with van der Waals surface area (Å²) in [6.07, 6.45) is 4.39. The van der Waals surface area contributed by atoms with Crippen molar-refractivity contribution in [1.29, 1.82) is 0 Å². The molecule has 1 aliphatic rings. The maximum atomic E-state index is 9.85. The zero-order chi connectivity index (χ0) is 18.4. The third-order valence-electron chi connectivity index (χ3n) is 5.14. The molecule has 3 rings (SSSR count). The Labute approximate surface area is 156 Å². The van der Waals surface area contributed by atoms with Crippen LogP contribution < -0.4 is 4.74 Å². The van der Waals surface area contributed by atoms with Gasteiger partial charge in [0.2, 0.25) is 0 Å². The van der Waals surface area contributed by atoms with Gasteiger partial charge >= 0.3 is 0 Å². The number of likely N-dealkylation sites (tertiary alicyclic amines) is 1. The molecule has 1 atom stereocenters. The van der Waals surface area contributed by atoms with Crippen molar-refractivity contribution in [3.8, 4) is 11.5 Å². The van der Waals surface area contributed by atoms with Crippen LogP contribution in [0.25, 0.3) is 0 Å². The second-order valence-corrected chi connectivity index (χ2v) is 6.92. The number of hydrogen-bond donors (Lipinski definition) is 1. The van der Waals surface area contributed by atoms with Gasteiger partial charge in [-0.15, -0.1) is 0 Å². The zero-order valence-electron chi connectivity index (χ0n) is 15.8. The van der Waals surface area contributed by atoms with Crippen LogP contribution in [0, 0.1) is 0 Å². The van der Waals surface area contributed by atoms with Crippen LogP contribution in [0.5, 0.6) is 11.5 Å². The molecule has 26 heavy (non-hydrogen) atoms. The van der Waals surface area contributed by atoms with Crippen molar-refractivity contribution in [2.45, 2.75) is 38.9 Å². The number of nitrogens with zero attached hydrogens (tertiary/aromatic N) is 3. The number of aromatic hydroxyl groups is 1. The molecule has 1 aliphatic heterocycles. The summed E-state index contributed by atoms with van der Waals surface area (Å²) in [5.74, 6) is 0.705. The maximum Gasteiger partial charge on any atom is 0.160 e. The van der Waals surface area contributed by atoms with E-state index in [9.17, 15) is 5.11 Å². The van der Waals surface area contributed by atoms with Crippen LogP contribution in [0.15, 0.2) is 42.6 Å². The highest BCUT2D eigenvalue weighted by Crippen LogP contribution is 2.27. The highest BCUT2D eigenvalue weighted by molar-refractivity contribution is 5.41. The molecule has 1 fully saturated rings. The van der Waals surface area contributed by atoms with Gasteiger partial charge < -0.3 is 9.84 Å². The monoisotopic (exact) mass is 355 g/mol. The summed E-state index contributed by atoms with van der Waals surface area (Å²) in [5.41, 5.74) is 2.22. The quantitative estimate of drug-likeness (QED) is 0.787.